The first-order chi connectivity index (χ1) is 14.2. The molecular weight excluding hydrogens is 376 g/mol. The van der Waals surface area contributed by atoms with Crippen molar-refractivity contribution >= 4 is 17.5 Å². The average Bonchev–Trinajstić information content (AvgIpc) is 2.79. The first-order valence-corrected chi connectivity index (χ1v) is 11.2. The Morgan fingerprint density at radius 2 is 1.72 bits per heavy atom. The predicted octanol–water partition coefficient (Wildman–Crippen LogP) is 5.90. The Hall–Kier alpha value is -2.56. The van der Waals surface area contributed by atoms with Gasteiger partial charge in [-0.3, -0.25) is 10.3 Å². The first-order valence-electron chi connectivity index (χ1n) is 10.0. The summed E-state index contributed by atoms with van der Waals surface area (Å²) < 4.78 is 0. The summed E-state index contributed by atoms with van der Waals surface area (Å²) in [5.74, 6) is 0.323. The van der Waals surface area contributed by atoms with Crippen LogP contribution in [0.5, 0.6) is 5.75 Å². The molecule has 4 rings (SSSR count). The number of para-hydroxylation sites is 1. The third-order valence-electron chi connectivity index (χ3n) is 5.48. The van der Waals surface area contributed by atoms with Gasteiger partial charge in [0.25, 0.3) is 0 Å². The Morgan fingerprint density at radius 1 is 1.00 bits per heavy atom. The number of aryl methyl sites for hydroxylation is 1. The number of nitrogens with one attached hydrogen (secondary N) is 1. The number of benzene rings is 3. The molecule has 0 saturated carbocycles. The zero-order chi connectivity index (χ0) is 20.2. The van der Waals surface area contributed by atoms with Gasteiger partial charge in [0.2, 0.25) is 0 Å². The Labute approximate surface area is 176 Å². The van der Waals surface area contributed by atoms with Crippen LogP contribution >= 0.6 is 11.8 Å². The molecule has 0 unspecified atom stereocenters. The fourth-order valence-electron chi connectivity index (χ4n) is 3.75. The lowest BCUT2D eigenvalue weighted by atomic mass is 9.93. The molecule has 3 aromatic rings. The van der Waals surface area contributed by atoms with Crippen molar-refractivity contribution in [1.82, 2.24) is 5.32 Å². The van der Waals surface area contributed by atoms with Gasteiger partial charge in [-0.1, -0.05) is 61.5 Å². The second kappa shape index (κ2) is 8.85. The number of nitrogens with zero attached hydrogens (tertiary/aromatic N) is 1. The second-order valence-corrected chi connectivity index (χ2v) is 8.16. The van der Waals surface area contributed by atoms with Gasteiger partial charge in [0, 0.05) is 28.6 Å². The number of rotatable bonds is 5. The summed E-state index contributed by atoms with van der Waals surface area (Å²) in [4.78, 5) is 6.29. The Kier molecular flexibility index (Phi) is 6.02. The van der Waals surface area contributed by atoms with Gasteiger partial charge in [-0.05, 0) is 47.6 Å². The lowest BCUT2D eigenvalue weighted by Crippen LogP contribution is -2.33. The summed E-state index contributed by atoms with van der Waals surface area (Å²) in [7, 11) is 0. The number of thioether (sulfide) groups is 1. The van der Waals surface area contributed by atoms with E-state index in [4.69, 9.17) is 4.99 Å². The van der Waals surface area contributed by atoms with E-state index in [-0.39, 0.29) is 12.2 Å². The third-order valence-corrected chi connectivity index (χ3v) is 6.22. The predicted molar refractivity (Wildman–Crippen MR) is 122 cm³/mol. The molecule has 1 aliphatic heterocycles. The van der Waals surface area contributed by atoms with E-state index in [0.29, 0.717) is 5.75 Å². The van der Waals surface area contributed by atoms with Crippen LogP contribution in [0.2, 0.25) is 0 Å². The molecule has 0 bridgehead atoms. The molecular formula is C25H26N2OS. The van der Waals surface area contributed by atoms with Gasteiger partial charge in [-0.2, -0.15) is 0 Å². The number of phenols is 1. The minimum Gasteiger partial charge on any atom is -0.508 e. The lowest BCUT2D eigenvalue weighted by Gasteiger charge is -2.31. The summed E-state index contributed by atoms with van der Waals surface area (Å²) in [5.41, 5.74) is 5.58. The van der Waals surface area contributed by atoms with Crippen molar-refractivity contribution in [3.8, 4) is 5.75 Å². The highest BCUT2D eigenvalue weighted by Gasteiger charge is 2.27. The van der Waals surface area contributed by atoms with E-state index in [1.807, 2.05) is 18.2 Å². The van der Waals surface area contributed by atoms with Gasteiger partial charge in [0.1, 0.15) is 11.9 Å². The monoisotopic (exact) mass is 402 g/mol. The molecule has 1 aliphatic rings. The standard InChI is InChI=1S/C25H26N2OS/c1-3-17-8-10-18(11-9-17)22-16-23(21-6-4-5-7-24(21)28)27-25(26-22)19-12-14-20(29-2)15-13-19/h4-15,23,25,27-28H,3,16H2,1-2H3/t23-,25+/m0/s1. The highest BCUT2D eigenvalue weighted by atomic mass is 32.2. The van der Waals surface area contributed by atoms with Crippen molar-refractivity contribution in [3.63, 3.8) is 0 Å². The second-order valence-electron chi connectivity index (χ2n) is 7.28. The van der Waals surface area contributed by atoms with E-state index in [2.05, 4.69) is 67.0 Å². The molecule has 2 atom stereocenters. The van der Waals surface area contributed by atoms with Crippen LogP contribution in [0.4, 0.5) is 0 Å². The van der Waals surface area contributed by atoms with E-state index >= 15 is 0 Å². The zero-order valence-corrected chi connectivity index (χ0v) is 17.6. The van der Waals surface area contributed by atoms with Gasteiger partial charge in [0.05, 0.1) is 0 Å². The van der Waals surface area contributed by atoms with Gasteiger partial charge in [-0.15, -0.1) is 11.8 Å². The molecule has 3 nitrogen and oxygen atoms in total. The molecule has 29 heavy (non-hydrogen) atoms. The molecule has 0 radical (unpaired) electrons. The topological polar surface area (TPSA) is 44.6 Å². The van der Waals surface area contributed by atoms with Crippen LogP contribution < -0.4 is 5.32 Å². The van der Waals surface area contributed by atoms with E-state index in [1.165, 1.54) is 10.5 Å². The first kappa shape index (κ1) is 19.7. The summed E-state index contributed by atoms with van der Waals surface area (Å²) in [6, 6.07) is 24.8. The maximum absolute atomic E-state index is 10.4. The highest BCUT2D eigenvalue weighted by molar-refractivity contribution is 7.98. The number of hydrogen-bond donors (Lipinski definition) is 2. The minimum absolute atomic E-state index is 0.000205. The van der Waals surface area contributed by atoms with Crippen LogP contribution in [-0.4, -0.2) is 17.1 Å². The van der Waals surface area contributed by atoms with Crippen LogP contribution in [0.1, 0.15) is 47.8 Å². The zero-order valence-electron chi connectivity index (χ0n) is 16.8. The summed E-state index contributed by atoms with van der Waals surface area (Å²) in [5, 5.41) is 14.1. The molecule has 1 heterocycles. The van der Waals surface area contributed by atoms with Gasteiger partial charge in [-0.25, -0.2) is 0 Å². The smallest absolute Gasteiger partial charge is 0.126 e. The molecule has 0 saturated heterocycles. The quantitative estimate of drug-likeness (QED) is 0.522. The van der Waals surface area contributed by atoms with E-state index < -0.39 is 0 Å². The van der Waals surface area contributed by atoms with Crippen molar-refractivity contribution in [2.45, 2.75) is 36.9 Å². The molecule has 0 fully saturated rings. The average molecular weight is 403 g/mol. The Balaban J connectivity index is 1.72. The van der Waals surface area contributed by atoms with Crippen LogP contribution in [0, 0.1) is 0 Å². The molecule has 0 aliphatic carbocycles. The number of phenolic OH excluding ortho intramolecular Hbond substituents is 1. The van der Waals surface area contributed by atoms with Gasteiger partial charge < -0.3 is 5.11 Å². The van der Waals surface area contributed by atoms with Crippen molar-refractivity contribution in [2.75, 3.05) is 6.26 Å². The highest BCUT2D eigenvalue weighted by Crippen LogP contribution is 2.34. The maximum Gasteiger partial charge on any atom is 0.126 e. The third kappa shape index (κ3) is 4.39. The largest absolute Gasteiger partial charge is 0.508 e. The molecule has 0 spiro atoms. The fourth-order valence-corrected chi connectivity index (χ4v) is 4.16. The molecule has 148 valence electrons. The van der Waals surface area contributed by atoms with E-state index in [1.54, 1.807) is 17.8 Å². The van der Waals surface area contributed by atoms with Crippen molar-refractivity contribution in [3.05, 3.63) is 95.1 Å². The Bertz CT molecular complexity index is 996. The van der Waals surface area contributed by atoms with Gasteiger partial charge in [0.15, 0.2) is 0 Å². The number of aliphatic imine (C=N–C) groups is 1. The summed E-state index contributed by atoms with van der Waals surface area (Å²) in [6.45, 7) is 2.17. The molecule has 0 aromatic heterocycles. The summed E-state index contributed by atoms with van der Waals surface area (Å²) in [6.07, 6.45) is 3.70. The summed E-state index contributed by atoms with van der Waals surface area (Å²) >= 11 is 1.74. The van der Waals surface area contributed by atoms with Crippen LogP contribution in [0.25, 0.3) is 0 Å². The van der Waals surface area contributed by atoms with Crippen LogP contribution in [0.15, 0.2) is 82.7 Å². The molecule has 2 N–H and O–H groups in total. The van der Waals surface area contributed by atoms with E-state index in [9.17, 15) is 5.11 Å². The number of aromatic hydroxyl groups is 1. The molecule has 3 aromatic carbocycles. The van der Waals surface area contributed by atoms with Gasteiger partial charge >= 0.3 is 0 Å². The Morgan fingerprint density at radius 3 is 2.38 bits per heavy atom. The molecule has 4 heteroatoms. The normalized spacial score (nSPS) is 19.0. The minimum atomic E-state index is -0.148. The van der Waals surface area contributed by atoms with E-state index in [0.717, 1.165) is 35.2 Å². The van der Waals surface area contributed by atoms with Crippen molar-refractivity contribution in [2.24, 2.45) is 4.99 Å². The fraction of sp³-hybridized carbons (Fsp3) is 0.240. The maximum atomic E-state index is 10.4. The lowest BCUT2D eigenvalue weighted by molar-refractivity contribution is 0.412. The molecule has 0 amide bonds. The van der Waals surface area contributed by atoms with Crippen molar-refractivity contribution in [1.29, 1.82) is 0 Å². The van der Waals surface area contributed by atoms with Crippen molar-refractivity contribution < 1.29 is 5.11 Å². The number of hydrogen-bond acceptors (Lipinski definition) is 4. The SMILES string of the molecule is CCc1ccc(C2=N[C@@H](c3ccc(SC)cc3)N[C@H](c3ccccc3O)C2)cc1. The van der Waals surface area contributed by atoms with Crippen LogP contribution in [-0.2, 0) is 6.42 Å². The van der Waals surface area contributed by atoms with Crippen LogP contribution in [0.3, 0.4) is 0 Å².